The quantitative estimate of drug-likeness (QED) is 0.295. The fourth-order valence-corrected chi connectivity index (χ4v) is 4.41. The topological polar surface area (TPSA) is 42.4 Å². The number of aromatic nitrogens is 1. The van der Waals surface area contributed by atoms with Crippen LogP contribution in [0.5, 0.6) is 5.75 Å². The highest BCUT2D eigenvalue weighted by atomic mass is 32.1. The third-order valence-corrected chi connectivity index (χ3v) is 6.18. The maximum Gasteiger partial charge on any atom is 0.260 e. The number of thiazole rings is 1. The molecule has 1 aromatic heterocycles. The zero-order chi connectivity index (χ0) is 21.6. The first kappa shape index (κ1) is 21.1. The first-order valence-electron chi connectivity index (χ1n) is 10.6. The third kappa shape index (κ3) is 4.94. The van der Waals surface area contributed by atoms with E-state index in [1.54, 1.807) is 16.2 Å². The van der Waals surface area contributed by atoms with E-state index in [2.05, 4.69) is 13.0 Å². The van der Waals surface area contributed by atoms with Crippen LogP contribution in [0.1, 0.15) is 41.3 Å². The number of para-hydroxylation sites is 1. The molecule has 0 saturated heterocycles. The number of fused-ring (bicyclic) bond motifs is 1. The van der Waals surface area contributed by atoms with E-state index in [4.69, 9.17) is 9.72 Å². The normalized spacial score (nSPS) is 10.9. The van der Waals surface area contributed by atoms with Gasteiger partial charge in [-0.3, -0.25) is 9.69 Å². The summed E-state index contributed by atoms with van der Waals surface area (Å²) in [6.45, 7) is 5.34. The van der Waals surface area contributed by atoms with E-state index in [1.807, 2.05) is 73.7 Å². The van der Waals surface area contributed by atoms with Crippen LogP contribution in [-0.4, -0.2) is 17.5 Å². The molecule has 0 fully saturated rings. The number of hydrogen-bond donors (Lipinski definition) is 0. The highest BCUT2D eigenvalue weighted by molar-refractivity contribution is 7.22. The molecule has 0 bridgehead atoms. The van der Waals surface area contributed by atoms with Gasteiger partial charge in [0, 0.05) is 5.56 Å². The minimum Gasteiger partial charge on any atom is -0.494 e. The number of hydrogen-bond acceptors (Lipinski definition) is 4. The number of anilines is 1. The Morgan fingerprint density at radius 2 is 1.77 bits per heavy atom. The van der Waals surface area contributed by atoms with Crippen LogP contribution in [0.4, 0.5) is 5.13 Å². The van der Waals surface area contributed by atoms with Gasteiger partial charge in [0.05, 0.1) is 23.4 Å². The number of rotatable bonds is 8. The molecule has 1 heterocycles. The van der Waals surface area contributed by atoms with Crippen molar-refractivity contribution in [2.75, 3.05) is 11.5 Å². The van der Waals surface area contributed by atoms with Gasteiger partial charge in [-0.2, -0.15) is 0 Å². The molecular weight excluding hydrogens is 404 g/mol. The van der Waals surface area contributed by atoms with Crippen molar-refractivity contribution in [3.05, 3.63) is 89.5 Å². The van der Waals surface area contributed by atoms with E-state index in [1.165, 1.54) is 0 Å². The van der Waals surface area contributed by atoms with Gasteiger partial charge in [-0.15, -0.1) is 0 Å². The van der Waals surface area contributed by atoms with Crippen LogP contribution in [0, 0.1) is 6.92 Å². The summed E-state index contributed by atoms with van der Waals surface area (Å²) in [5.74, 6) is 0.718. The Hall–Kier alpha value is -3.18. The fraction of sp³-hybridized carbons (Fsp3) is 0.231. The number of ether oxygens (including phenoxy) is 1. The van der Waals surface area contributed by atoms with Crippen molar-refractivity contribution in [1.29, 1.82) is 0 Å². The van der Waals surface area contributed by atoms with E-state index < -0.39 is 0 Å². The average Bonchev–Trinajstić information content (AvgIpc) is 3.24. The summed E-state index contributed by atoms with van der Waals surface area (Å²) < 4.78 is 6.82. The SMILES string of the molecule is CCCCOc1ccc(C(=O)N(Cc2ccccc2)c2nc3c(C)cccc3s2)cc1. The van der Waals surface area contributed by atoms with Crippen LogP contribution in [0.2, 0.25) is 0 Å². The third-order valence-electron chi connectivity index (χ3n) is 5.14. The maximum atomic E-state index is 13.5. The predicted molar refractivity (Wildman–Crippen MR) is 128 cm³/mol. The molecule has 0 spiro atoms. The summed E-state index contributed by atoms with van der Waals surface area (Å²) >= 11 is 1.55. The number of carbonyl (C=O) groups excluding carboxylic acids is 1. The average molecular weight is 431 g/mol. The molecule has 158 valence electrons. The Bertz CT molecular complexity index is 1150. The molecule has 1 amide bonds. The van der Waals surface area contributed by atoms with E-state index >= 15 is 0 Å². The summed E-state index contributed by atoms with van der Waals surface area (Å²) in [6, 6.07) is 23.6. The van der Waals surface area contributed by atoms with Crippen LogP contribution < -0.4 is 9.64 Å². The first-order chi connectivity index (χ1) is 15.2. The van der Waals surface area contributed by atoms with Gasteiger partial charge in [-0.25, -0.2) is 4.98 Å². The molecule has 4 rings (SSSR count). The lowest BCUT2D eigenvalue weighted by Gasteiger charge is -2.20. The zero-order valence-corrected chi connectivity index (χ0v) is 18.7. The largest absolute Gasteiger partial charge is 0.494 e. The second-order valence-electron chi connectivity index (χ2n) is 7.52. The lowest BCUT2D eigenvalue weighted by molar-refractivity contribution is 0.0985. The van der Waals surface area contributed by atoms with Crippen LogP contribution in [-0.2, 0) is 6.54 Å². The smallest absolute Gasteiger partial charge is 0.260 e. The van der Waals surface area contributed by atoms with Crippen molar-refractivity contribution in [3.8, 4) is 5.75 Å². The standard InChI is InChI=1S/C26H26N2O2S/c1-3-4-17-30-22-15-13-21(14-16-22)25(29)28(18-20-10-6-5-7-11-20)26-27-24-19(2)9-8-12-23(24)31-26/h5-16H,3-4,17-18H2,1-2H3. The Balaban J connectivity index is 1.64. The van der Waals surface area contributed by atoms with Crippen molar-refractivity contribution in [1.82, 2.24) is 4.98 Å². The lowest BCUT2D eigenvalue weighted by Crippen LogP contribution is -2.30. The second-order valence-corrected chi connectivity index (χ2v) is 8.53. The Morgan fingerprint density at radius 3 is 2.48 bits per heavy atom. The van der Waals surface area contributed by atoms with E-state index in [-0.39, 0.29) is 5.91 Å². The summed E-state index contributed by atoms with van der Waals surface area (Å²) in [7, 11) is 0. The minimum atomic E-state index is -0.0688. The Labute approximate surface area is 187 Å². The van der Waals surface area contributed by atoms with Crippen LogP contribution >= 0.6 is 11.3 Å². The number of unbranched alkanes of at least 4 members (excludes halogenated alkanes) is 1. The Kier molecular flexibility index (Phi) is 6.63. The maximum absolute atomic E-state index is 13.5. The summed E-state index contributed by atoms with van der Waals surface area (Å²) in [4.78, 5) is 20.1. The van der Waals surface area contributed by atoms with Gasteiger partial charge < -0.3 is 4.74 Å². The molecule has 0 saturated carbocycles. The molecule has 0 N–H and O–H groups in total. The molecule has 4 aromatic rings. The first-order valence-corrected chi connectivity index (χ1v) is 11.4. The summed E-state index contributed by atoms with van der Waals surface area (Å²) in [5, 5.41) is 0.710. The van der Waals surface area contributed by atoms with E-state index in [9.17, 15) is 4.79 Å². The monoisotopic (exact) mass is 430 g/mol. The van der Waals surface area contributed by atoms with Crippen molar-refractivity contribution >= 4 is 32.6 Å². The molecule has 0 aliphatic carbocycles. The predicted octanol–water partition coefficient (Wildman–Crippen LogP) is 6.63. The molecule has 0 aliphatic heterocycles. The molecule has 0 aliphatic rings. The van der Waals surface area contributed by atoms with Gasteiger partial charge in [0.25, 0.3) is 5.91 Å². The number of carbonyl (C=O) groups is 1. The van der Waals surface area contributed by atoms with Gasteiger partial charge in [-0.05, 0) is 54.8 Å². The molecule has 0 atom stereocenters. The van der Waals surface area contributed by atoms with Crippen molar-refractivity contribution in [2.24, 2.45) is 0 Å². The van der Waals surface area contributed by atoms with Crippen LogP contribution in [0.25, 0.3) is 10.2 Å². The fourth-order valence-electron chi connectivity index (χ4n) is 3.37. The zero-order valence-electron chi connectivity index (χ0n) is 17.9. The summed E-state index contributed by atoms with van der Waals surface area (Å²) in [5.41, 5.74) is 3.75. The number of nitrogens with zero attached hydrogens (tertiary/aromatic N) is 2. The highest BCUT2D eigenvalue weighted by Crippen LogP contribution is 2.32. The second kappa shape index (κ2) is 9.75. The van der Waals surface area contributed by atoms with Crippen molar-refractivity contribution in [2.45, 2.75) is 33.2 Å². The van der Waals surface area contributed by atoms with Gasteiger partial charge in [0.2, 0.25) is 0 Å². The van der Waals surface area contributed by atoms with Crippen molar-refractivity contribution < 1.29 is 9.53 Å². The molecule has 4 nitrogen and oxygen atoms in total. The van der Waals surface area contributed by atoms with E-state index in [0.717, 1.165) is 39.9 Å². The lowest BCUT2D eigenvalue weighted by atomic mass is 10.1. The number of amides is 1. The number of aryl methyl sites for hydroxylation is 1. The molecule has 0 radical (unpaired) electrons. The highest BCUT2D eigenvalue weighted by Gasteiger charge is 2.22. The summed E-state index contributed by atoms with van der Waals surface area (Å²) in [6.07, 6.45) is 2.11. The number of benzene rings is 3. The minimum absolute atomic E-state index is 0.0688. The molecule has 0 unspecified atom stereocenters. The van der Waals surface area contributed by atoms with Crippen molar-refractivity contribution in [3.63, 3.8) is 0 Å². The Morgan fingerprint density at radius 1 is 1.00 bits per heavy atom. The molecule has 5 heteroatoms. The van der Waals surface area contributed by atoms with Gasteiger partial charge >= 0.3 is 0 Å². The van der Waals surface area contributed by atoms with Gasteiger partial charge in [0.15, 0.2) is 5.13 Å². The molecule has 31 heavy (non-hydrogen) atoms. The van der Waals surface area contributed by atoms with Crippen LogP contribution in [0.15, 0.2) is 72.8 Å². The van der Waals surface area contributed by atoms with Gasteiger partial charge in [-0.1, -0.05) is 67.1 Å². The molecular formula is C26H26N2O2S. The van der Waals surface area contributed by atoms with Gasteiger partial charge in [0.1, 0.15) is 5.75 Å². The van der Waals surface area contributed by atoms with Crippen LogP contribution in [0.3, 0.4) is 0 Å². The molecule has 3 aromatic carbocycles. The van der Waals surface area contributed by atoms with E-state index in [0.29, 0.717) is 23.8 Å².